The van der Waals surface area contributed by atoms with E-state index in [1.165, 1.54) is 0 Å². The average molecular weight is 381 g/mol. The van der Waals surface area contributed by atoms with Crippen LogP contribution in [0.5, 0.6) is 0 Å². The number of carbonyl (C=O) groups excluding carboxylic acids is 1. The van der Waals surface area contributed by atoms with Crippen LogP contribution in [0.1, 0.15) is 33.9 Å². The molecule has 0 fully saturated rings. The Kier molecular flexibility index (Phi) is 4.53. The monoisotopic (exact) mass is 381 g/mol. The topological polar surface area (TPSA) is 81.1 Å². The first-order valence-corrected chi connectivity index (χ1v) is 10.4. The molecular formula is C20H19N3O3S. The summed E-state index contributed by atoms with van der Waals surface area (Å²) < 4.78 is 26.3. The maximum Gasteiger partial charge on any atom is 0.251 e. The van der Waals surface area contributed by atoms with E-state index >= 15 is 0 Å². The van der Waals surface area contributed by atoms with Crippen molar-refractivity contribution in [3.8, 4) is 0 Å². The number of aromatic nitrogens is 2. The van der Waals surface area contributed by atoms with Crippen LogP contribution >= 0.6 is 0 Å². The van der Waals surface area contributed by atoms with Gasteiger partial charge in [0.25, 0.3) is 5.91 Å². The van der Waals surface area contributed by atoms with Crippen LogP contribution in [0.2, 0.25) is 0 Å². The highest BCUT2D eigenvalue weighted by atomic mass is 32.2. The molecule has 1 N–H and O–H groups in total. The zero-order chi connectivity index (χ0) is 18.9. The maximum absolute atomic E-state index is 12.6. The van der Waals surface area contributed by atoms with Crippen LogP contribution in [-0.2, 0) is 16.4 Å². The summed E-state index contributed by atoms with van der Waals surface area (Å²) in [5, 5.41) is 7.14. The second kappa shape index (κ2) is 7.00. The van der Waals surface area contributed by atoms with Gasteiger partial charge in [-0.05, 0) is 41.8 Å². The van der Waals surface area contributed by atoms with Gasteiger partial charge in [-0.15, -0.1) is 0 Å². The molecule has 0 spiro atoms. The fraction of sp³-hybridized carbons (Fsp3) is 0.200. The van der Waals surface area contributed by atoms with Crippen molar-refractivity contribution in [3.63, 3.8) is 0 Å². The SMILES string of the molecule is O=C(NC1CCS(=O)(=O)c2ccccc21)c1ccc(Cn2cccn2)cc1. The molecule has 1 aliphatic rings. The molecule has 1 atom stereocenters. The minimum atomic E-state index is -3.27. The molecule has 2 heterocycles. The molecule has 0 bridgehead atoms. The summed E-state index contributed by atoms with van der Waals surface area (Å²) in [5.41, 5.74) is 2.25. The van der Waals surface area contributed by atoms with Gasteiger partial charge in [-0.2, -0.15) is 5.10 Å². The van der Waals surface area contributed by atoms with Crippen molar-refractivity contribution in [2.75, 3.05) is 5.75 Å². The Hall–Kier alpha value is -2.93. The Bertz CT molecular complexity index is 1060. The molecule has 1 unspecified atom stereocenters. The van der Waals surface area contributed by atoms with Crippen molar-refractivity contribution in [1.29, 1.82) is 0 Å². The summed E-state index contributed by atoms with van der Waals surface area (Å²) in [6.45, 7) is 0.642. The highest BCUT2D eigenvalue weighted by Gasteiger charge is 2.30. The van der Waals surface area contributed by atoms with Gasteiger partial charge in [0, 0.05) is 18.0 Å². The van der Waals surface area contributed by atoms with Crippen LogP contribution in [0.25, 0.3) is 0 Å². The summed E-state index contributed by atoms with van der Waals surface area (Å²) in [6.07, 6.45) is 3.99. The second-order valence-electron chi connectivity index (χ2n) is 6.57. The second-order valence-corrected chi connectivity index (χ2v) is 8.65. The molecule has 0 radical (unpaired) electrons. The number of benzene rings is 2. The Morgan fingerprint density at radius 1 is 1.11 bits per heavy atom. The summed E-state index contributed by atoms with van der Waals surface area (Å²) >= 11 is 0. The van der Waals surface area contributed by atoms with Crippen LogP contribution in [0.3, 0.4) is 0 Å². The molecule has 3 aromatic rings. The van der Waals surface area contributed by atoms with Crippen molar-refractivity contribution in [2.45, 2.75) is 23.9 Å². The van der Waals surface area contributed by atoms with E-state index in [0.717, 1.165) is 5.56 Å². The lowest BCUT2D eigenvalue weighted by Gasteiger charge is -2.26. The number of fused-ring (bicyclic) bond motifs is 1. The minimum Gasteiger partial charge on any atom is -0.345 e. The molecular weight excluding hydrogens is 362 g/mol. The number of carbonyl (C=O) groups is 1. The molecule has 0 aliphatic carbocycles. The third-order valence-corrected chi connectivity index (χ3v) is 6.55. The average Bonchev–Trinajstić information content (AvgIpc) is 3.18. The van der Waals surface area contributed by atoms with Crippen LogP contribution in [-0.4, -0.2) is 29.9 Å². The van der Waals surface area contributed by atoms with Crippen molar-refractivity contribution in [1.82, 2.24) is 15.1 Å². The summed E-state index contributed by atoms with van der Waals surface area (Å²) in [5.74, 6) is -0.169. The summed E-state index contributed by atoms with van der Waals surface area (Å²) in [4.78, 5) is 13.0. The summed E-state index contributed by atoms with van der Waals surface area (Å²) in [6, 6.07) is 15.8. The molecule has 1 amide bonds. The van der Waals surface area contributed by atoms with Crippen molar-refractivity contribution >= 4 is 15.7 Å². The van der Waals surface area contributed by atoms with Crippen molar-refractivity contribution in [2.24, 2.45) is 0 Å². The Balaban J connectivity index is 1.49. The van der Waals surface area contributed by atoms with Crippen molar-refractivity contribution in [3.05, 3.63) is 83.7 Å². The molecule has 138 valence electrons. The van der Waals surface area contributed by atoms with Gasteiger partial charge in [-0.1, -0.05) is 30.3 Å². The van der Waals surface area contributed by atoms with Crippen LogP contribution < -0.4 is 5.32 Å². The minimum absolute atomic E-state index is 0.0395. The zero-order valence-corrected chi connectivity index (χ0v) is 15.4. The fourth-order valence-corrected chi connectivity index (χ4v) is 4.95. The number of nitrogens with zero attached hydrogens (tertiary/aromatic N) is 2. The molecule has 27 heavy (non-hydrogen) atoms. The molecule has 0 saturated heterocycles. The number of nitrogens with one attached hydrogen (secondary N) is 1. The Morgan fingerprint density at radius 2 is 1.89 bits per heavy atom. The Labute approximate surface area is 157 Å². The first-order valence-electron chi connectivity index (χ1n) is 8.72. The molecule has 1 aromatic heterocycles. The van der Waals surface area contributed by atoms with Crippen LogP contribution in [0.15, 0.2) is 71.9 Å². The highest BCUT2D eigenvalue weighted by Crippen LogP contribution is 2.32. The molecule has 4 rings (SSSR count). The van der Waals surface area contributed by atoms with E-state index in [0.29, 0.717) is 29.0 Å². The smallest absolute Gasteiger partial charge is 0.251 e. The van der Waals surface area contributed by atoms with E-state index in [1.807, 2.05) is 29.1 Å². The quantitative estimate of drug-likeness (QED) is 0.753. The van der Waals surface area contributed by atoms with Gasteiger partial charge in [-0.3, -0.25) is 9.48 Å². The summed E-state index contributed by atoms with van der Waals surface area (Å²) in [7, 11) is -3.27. The number of hydrogen-bond donors (Lipinski definition) is 1. The number of hydrogen-bond acceptors (Lipinski definition) is 4. The zero-order valence-electron chi connectivity index (χ0n) is 14.6. The van der Waals surface area contributed by atoms with Gasteiger partial charge in [-0.25, -0.2) is 8.42 Å². The Morgan fingerprint density at radius 3 is 2.63 bits per heavy atom. The lowest BCUT2D eigenvalue weighted by molar-refractivity contribution is 0.0934. The van der Waals surface area contributed by atoms with E-state index in [-0.39, 0.29) is 17.7 Å². The van der Waals surface area contributed by atoms with E-state index in [9.17, 15) is 13.2 Å². The van der Waals surface area contributed by atoms with Gasteiger partial charge in [0.1, 0.15) is 0 Å². The molecule has 0 saturated carbocycles. The first-order chi connectivity index (χ1) is 13.0. The van der Waals surface area contributed by atoms with Crippen LogP contribution in [0.4, 0.5) is 0 Å². The number of sulfone groups is 1. The standard InChI is InChI=1S/C20H19N3O3S/c24-20(16-8-6-15(7-9-16)14-23-12-3-11-21-23)22-18-10-13-27(25,26)19-5-2-1-4-17(18)19/h1-9,11-12,18H,10,13-14H2,(H,22,24). The highest BCUT2D eigenvalue weighted by molar-refractivity contribution is 7.91. The third-order valence-electron chi connectivity index (χ3n) is 4.73. The van der Waals surface area contributed by atoms with Crippen LogP contribution in [0, 0.1) is 0 Å². The lowest BCUT2D eigenvalue weighted by atomic mass is 10.0. The van der Waals surface area contributed by atoms with Gasteiger partial charge < -0.3 is 5.32 Å². The van der Waals surface area contributed by atoms with Gasteiger partial charge in [0.2, 0.25) is 0 Å². The van der Waals surface area contributed by atoms with Crippen molar-refractivity contribution < 1.29 is 13.2 Å². The normalized spacial score (nSPS) is 17.9. The number of rotatable bonds is 4. The molecule has 2 aromatic carbocycles. The van der Waals surface area contributed by atoms with E-state index in [1.54, 1.807) is 42.6 Å². The third kappa shape index (κ3) is 3.64. The first kappa shape index (κ1) is 17.5. The van der Waals surface area contributed by atoms with E-state index in [4.69, 9.17) is 0 Å². The predicted octanol–water partition coefficient (Wildman–Crippen LogP) is 2.58. The molecule has 7 heteroatoms. The lowest BCUT2D eigenvalue weighted by Crippen LogP contribution is -2.33. The number of amides is 1. The largest absolute Gasteiger partial charge is 0.345 e. The van der Waals surface area contributed by atoms with E-state index in [2.05, 4.69) is 10.4 Å². The molecule has 1 aliphatic heterocycles. The van der Waals surface area contributed by atoms with Gasteiger partial charge in [0.05, 0.1) is 23.2 Å². The van der Waals surface area contributed by atoms with Gasteiger partial charge >= 0.3 is 0 Å². The van der Waals surface area contributed by atoms with E-state index < -0.39 is 9.84 Å². The maximum atomic E-state index is 12.6. The van der Waals surface area contributed by atoms with Gasteiger partial charge in [0.15, 0.2) is 9.84 Å². The predicted molar refractivity (Wildman–Crippen MR) is 101 cm³/mol. The fourth-order valence-electron chi connectivity index (χ4n) is 3.32. The molecule has 6 nitrogen and oxygen atoms in total.